The standard InChI is InChI=1S/C15H16ClFN4OS/c1-10-2-3-11(8-12(10)17)15(22)21-6-4-20(5-7-21)9-13-14(16)23-19-18-13/h2-3,8H,4-7,9H2,1H3. The van der Waals surface area contributed by atoms with Crippen molar-refractivity contribution in [2.24, 2.45) is 0 Å². The first-order valence-electron chi connectivity index (χ1n) is 7.29. The number of halogens is 2. The minimum absolute atomic E-state index is 0.128. The third kappa shape index (κ3) is 3.68. The smallest absolute Gasteiger partial charge is 0.254 e. The lowest BCUT2D eigenvalue weighted by Crippen LogP contribution is -2.48. The van der Waals surface area contributed by atoms with E-state index in [0.717, 1.165) is 18.8 Å². The van der Waals surface area contributed by atoms with Gasteiger partial charge in [-0.3, -0.25) is 9.69 Å². The van der Waals surface area contributed by atoms with Crippen molar-refractivity contribution in [3.8, 4) is 0 Å². The SMILES string of the molecule is Cc1ccc(C(=O)N2CCN(Cc3nnsc3Cl)CC2)cc1F. The molecule has 1 aliphatic heterocycles. The number of aromatic nitrogens is 2. The van der Waals surface area contributed by atoms with E-state index < -0.39 is 0 Å². The molecular formula is C15H16ClFN4OS. The quantitative estimate of drug-likeness (QED) is 0.850. The molecule has 0 N–H and O–H groups in total. The first-order chi connectivity index (χ1) is 11.0. The summed E-state index contributed by atoms with van der Waals surface area (Å²) in [6, 6.07) is 4.62. The maximum absolute atomic E-state index is 13.6. The van der Waals surface area contributed by atoms with Gasteiger partial charge in [0.25, 0.3) is 5.91 Å². The molecule has 0 aliphatic carbocycles. The molecule has 122 valence electrons. The van der Waals surface area contributed by atoms with Gasteiger partial charge in [-0.05, 0) is 24.6 Å². The van der Waals surface area contributed by atoms with Gasteiger partial charge in [0.05, 0.1) is 0 Å². The Balaban J connectivity index is 1.59. The van der Waals surface area contributed by atoms with Gasteiger partial charge in [0.2, 0.25) is 0 Å². The van der Waals surface area contributed by atoms with Crippen LogP contribution in [0.15, 0.2) is 18.2 Å². The van der Waals surface area contributed by atoms with Gasteiger partial charge in [0.1, 0.15) is 15.8 Å². The molecule has 23 heavy (non-hydrogen) atoms. The molecule has 2 aromatic rings. The number of carbonyl (C=O) groups is 1. The summed E-state index contributed by atoms with van der Waals surface area (Å²) in [5.74, 6) is -0.475. The summed E-state index contributed by atoms with van der Waals surface area (Å²) in [6.45, 7) is 4.98. The lowest BCUT2D eigenvalue weighted by Gasteiger charge is -2.34. The molecule has 1 fully saturated rings. The van der Waals surface area contributed by atoms with Gasteiger partial charge in [-0.2, -0.15) is 0 Å². The summed E-state index contributed by atoms with van der Waals surface area (Å²) >= 11 is 7.19. The van der Waals surface area contributed by atoms with Crippen molar-refractivity contribution in [1.82, 2.24) is 19.4 Å². The number of amides is 1. The van der Waals surface area contributed by atoms with Gasteiger partial charge in [0.15, 0.2) is 0 Å². The van der Waals surface area contributed by atoms with E-state index in [1.54, 1.807) is 24.0 Å². The average molecular weight is 355 g/mol. The van der Waals surface area contributed by atoms with E-state index in [9.17, 15) is 9.18 Å². The molecular weight excluding hydrogens is 339 g/mol. The minimum atomic E-state index is -0.347. The Morgan fingerprint density at radius 3 is 2.70 bits per heavy atom. The Hall–Kier alpha value is -1.57. The van der Waals surface area contributed by atoms with Crippen LogP contribution >= 0.6 is 23.1 Å². The van der Waals surface area contributed by atoms with Crippen molar-refractivity contribution in [3.63, 3.8) is 0 Å². The summed E-state index contributed by atoms with van der Waals surface area (Å²) in [5.41, 5.74) is 1.71. The normalized spacial score (nSPS) is 15.9. The Bertz CT molecular complexity index is 715. The van der Waals surface area contributed by atoms with Gasteiger partial charge in [0, 0.05) is 49.8 Å². The van der Waals surface area contributed by atoms with Gasteiger partial charge in [-0.1, -0.05) is 22.2 Å². The van der Waals surface area contributed by atoms with E-state index in [-0.39, 0.29) is 11.7 Å². The summed E-state index contributed by atoms with van der Waals surface area (Å²) in [5, 5.41) is 4.00. The van der Waals surface area contributed by atoms with Gasteiger partial charge < -0.3 is 4.90 Å². The number of carbonyl (C=O) groups excluding carboxylic acids is 1. The Morgan fingerprint density at radius 2 is 2.09 bits per heavy atom. The molecule has 8 heteroatoms. The second-order valence-corrected chi connectivity index (χ2v) is 6.88. The highest BCUT2D eigenvalue weighted by Crippen LogP contribution is 2.20. The Labute approximate surface area is 142 Å². The molecule has 0 unspecified atom stereocenters. The first kappa shape index (κ1) is 16.3. The second-order valence-electron chi connectivity index (χ2n) is 5.53. The van der Waals surface area contributed by atoms with E-state index in [4.69, 9.17) is 11.6 Å². The van der Waals surface area contributed by atoms with Crippen LogP contribution in [0.1, 0.15) is 21.6 Å². The Kier molecular flexibility index (Phi) is 4.89. The molecule has 1 amide bonds. The number of benzene rings is 1. The zero-order chi connectivity index (χ0) is 16.4. The van der Waals surface area contributed by atoms with Crippen molar-refractivity contribution < 1.29 is 9.18 Å². The molecule has 0 spiro atoms. The van der Waals surface area contributed by atoms with Crippen LogP contribution in [-0.4, -0.2) is 51.5 Å². The van der Waals surface area contributed by atoms with Gasteiger partial charge in [-0.25, -0.2) is 4.39 Å². The van der Waals surface area contributed by atoms with E-state index in [0.29, 0.717) is 35.1 Å². The summed E-state index contributed by atoms with van der Waals surface area (Å²) in [7, 11) is 0. The highest BCUT2D eigenvalue weighted by molar-refractivity contribution is 7.10. The molecule has 1 saturated heterocycles. The topological polar surface area (TPSA) is 49.3 Å². The summed E-state index contributed by atoms with van der Waals surface area (Å²) in [6.07, 6.45) is 0. The number of hydrogen-bond acceptors (Lipinski definition) is 5. The number of aryl methyl sites for hydroxylation is 1. The van der Waals surface area contributed by atoms with Crippen molar-refractivity contribution >= 4 is 29.0 Å². The van der Waals surface area contributed by atoms with Crippen molar-refractivity contribution in [2.75, 3.05) is 26.2 Å². The summed E-state index contributed by atoms with van der Waals surface area (Å²) < 4.78 is 18.0. The van der Waals surface area contributed by atoms with Crippen LogP contribution in [0.2, 0.25) is 4.34 Å². The zero-order valence-electron chi connectivity index (χ0n) is 12.6. The van der Waals surface area contributed by atoms with Crippen LogP contribution < -0.4 is 0 Å². The van der Waals surface area contributed by atoms with Crippen LogP contribution in [0.5, 0.6) is 0 Å². The van der Waals surface area contributed by atoms with Gasteiger partial charge >= 0.3 is 0 Å². The highest BCUT2D eigenvalue weighted by atomic mass is 35.5. The fourth-order valence-electron chi connectivity index (χ4n) is 2.52. The third-order valence-corrected chi connectivity index (χ3v) is 4.95. The fraction of sp³-hybridized carbons (Fsp3) is 0.400. The Morgan fingerprint density at radius 1 is 1.35 bits per heavy atom. The number of hydrogen-bond donors (Lipinski definition) is 0. The molecule has 0 radical (unpaired) electrons. The van der Waals surface area contributed by atoms with Crippen LogP contribution in [0.3, 0.4) is 0 Å². The number of rotatable bonds is 3. The lowest BCUT2D eigenvalue weighted by molar-refractivity contribution is 0.0626. The van der Waals surface area contributed by atoms with Gasteiger partial charge in [-0.15, -0.1) is 5.10 Å². The first-order valence-corrected chi connectivity index (χ1v) is 8.44. The van der Waals surface area contributed by atoms with E-state index in [2.05, 4.69) is 14.5 Å². The molecule has 2 heterocycles. The molecule has 1 aromatic heterocycles. The molecule has 0 atom stereocenters. The maximum Gasteiger partial charge on any atom is 0.254 e. The van der Waals surface area contributed by atoms with Crippen LogP contribution in [0.4, 0.5) is 4.39 Å². The summed E-state index contributed by atoms with van der Waals surface area (Å²) in [4.78, 5) is 16.4. The van der Waals surface area contributed by atoms with Crippen molar-refractivity contribution in [3.05, 3.63) is 45.2 Å². The molecule has 1 aromatic carbocycles. The van der Waals surface area contributed by atoms with E-state index in [1.165, 1.54) is 17.6 Å². The van der Waals surface area contributed by atoms with E-state index >= 15 is 0 Å². The van der Waals surface area contributed by atoms with E-state index in [1.807, 2.05) is 0 Å². The monoisotopic (exact) mass is 354 g/mol. The molecule has 0 bridgehead atoms. The zero-order valence-corrected chi connectivity index (χ0v) is 14.2. The van der Waals surface area contributed by atoms with Crippen LogP contribution in [-0.2, 0) is 6.54 Å². The molecule has 1 aliphatic rings. The number of nitrogens with zero attached hydrogens (tertiary/aromatic N) is 4. The molecule has 5 nitrogen and oxygen atoms in total. The lowest BCUT2D eigenvalue weighted by atomic mass is 10.1. The predicted molar refractivity (Wildman–Crippen MR) is 87.2 cm³/mol. The molecule has 0 saturated carbocycles. The van der Waals surface area contributed by atoms with Crippen LogP contribution in [0, 0.1) is 12.7 Å². The fourth-order valence-corrected chi connectivity index (χ4v) is 3.13. The largest absolute Gasteiger partial charge is 0.336 e. The van der Waals surface area contributed by atoms with Crippen molar-refractivity contribution in [1.29, 1.82) is 0 Å². The second kappa shape index (κ2) is 6.90. The van der Waals surface area contributed by atoms with Crippen molar-refractivity contribution in [2.45, 2.75) is 13.5 Å². The minimum Gasteiger partial charge on any atom is -0.336 e. The molecule has 3 rings (SSSR count). The van der Waals surface area contributed by atoms with Crippen LogP contribution in [0.25, 0.3) is 0 Å². The average Bonchev–Trinajstić information content (AvgIpc) is 2.95. The predicted octanol–water partition coefficient (Wildman–Crippen LogP) is 2.60. The number of piperazine rings is 1. The third-order valence-electron chi connectivity index (χ3n) is 3.96. The highest BCUT2D eigenvalue weighted by Gasteiger charge is 2.23. The maximum atomic E-state index is 13.6.